The fourth-order valence-electron chi connectivity index (χ4n) is 4.37. The second-order valence-corrected chi connectivity index (χ2v) is 9.64. The summed E-state index contributed by atoms with van der Waals surface area (Å²) in [7, 11) is 0. The molecule has 3 aromatic heterocycles. The number of carbonyl (C=O) groups is 2. The maximum absolute atomic E-state index is 13.3. The van der Waals surface area contributed by atoms with Gasteiger partial charge in [-0.05, 0) is 69.4 Å². The second-order valence-electron chi connectivity index (χ2n) is 8.54. The molecule has 1 N–H and O–H groups in total. The molecule has 36 heavy (non-hydrogen) atoms. The predicted octanol–water partition coefficient (Wildman–Crippen LogP) is 5.50. The monoisotopic (exact) mass is 507 g/mol. The van der Waals surface area contributed by atoms with Crippen molar-refractivity contribution < 1.29 is 27.9 Å². The minimum atomic E-state index is -0.506. The fourth-order valence-corrected chi connectivity index (χ4v) is 5.66. The van der Waals surface area contributed by atoms with E-state index in [-0.39, 0.29) is 18.1 Å². The van der Waals surface area contributed by atoms with E-state index in [4.69, 9.17) is 18.3 Å². The average Bonchev–Trinajstić information content (AvgIpc) is 3.52. The quantitative estimate of drug-likeness (QED) is 0.329. The highest BCUT2D eigenvalue weighted by Crippen LogP contribution is 2.38. The molecule has 1 aromatic carbocycles. The maximum atomic E-state index is 13.3. The molecule has 0 aliphatic heterocycles. The molecule has 5 rings (SSSR count). The molecule has 1 aliphatic carbocycles. The van der Waals surface area contributed by atoms with E-state index in [1.165, 1.54) is 17.6 Å². The number of anilines is 1. The van der Waals surface area contributed by atoms with Gasteiger partial charge in [-0.1, -0.05) is 11.6 Å². The summed E-state index contributed by atoms with van der Waals surface area (Å²) >= 11 is 1.39. The van der Waals surface area contributed by atoms with Crippen LogP contribution in [0.15, 0.2) is 50.2 Å². The van der Waals surface area contributed by atoms with Gasteiger partial charge in [-0.2, -0.15) is 0 Å². The zero-order chi connectivity index (χ0) is 25.2. The number of fused-ring (bicyclic) bond motifs is 2. The molecule has 1 amide bonds. The SMILES string of the molecule is CCOC(=O)c1c(NC(=O)COc2c(-c3ccco3)oc3ccc(C)cc3c2=O)sc2c1CCCC2. The van der Waals surface area contributed by atoms with Gasteiger partial charge in [0.1, 0.15) is 10.6 Å². The summed E-state index contributed by atoms with van der Waals surface area (Å²) < 4.78 is 22.4. The van der Waals surface area contributed by atoms with Gasteiger partial charge < -0.3 is 23.6 Å². The van der Waals surface area contributed by atoms with Crippen LogP contribution in [-0.2, 0) is 22.4 Å². The van der Waals surface area contributed by atoms with Gasteiger partial charge in [0.25, 0.3) is 5.91 Å². The molecule has 1 aliphatic rings. The number of esters is 1. The number of ether oxygens (including phenoxy) is 2. The van der Waals surface area contributed by atoms with Crippen molar-refractivity contribution in [2.45, 2.75) is 39.5 Å². The van der Waals surface area contributed by atoms with Crippen LogP contribution in [-0.4, -0.2) is 25.1 Å². The van der Waals surface area contributed by atoms with Crippen molar-refractivity contribution in [2.24, 2.45) is 0 Å². The number of nitrogens with one attached hydrogen (secondary N) is 1. The first kappa shape index (κ1) is 23.9. The van der Waals surface area contributed by atoms with Crippen LogP contribution in [0.3, 0.4) is 0 Å². The third-order valence-corrected chi connectivity index (χ3v) is 7.21. The van der Waals surface area contributed by atoms with Crippen molar-refractivity contribution in [2.75, 3.05) is 18.5 Å². The van der Waals surface area contributed by atoms with Crippen LogP contribution < -0.4 is 15.5 Å². The number of aryl methyl sites for hydroxylation is 2. The topological polar surface area (TPSA) is 108 Å². The highest BCUT2D eigenvalue weighted by Gasteiger charge is 2.28. The van der Waals surface area contributed by atoms with Crippen LogP contribution in [0.1, 0.15) is 46.1 Å². The standard InChI is InChI=1S/C27H25NO7S/c1-3-32-27(31)22-16-7-4-5-9-20(16)36-26(22)28-21(29)14-34-25-23(30)17-13-15(2)10-11-18(17)35-24(25)19-8-6-12-33-19/h6,8,10-13H,3-5,7,9,14H2,1-2H3,(H,28,29). The molecule has 0 radical (unpaired) electrons. The van der Waals surface area contributed by atoms with Crippen molar-refractivity contribution in [1.82, 2.24) is 0 Å². The maximum Gasteiger partial charge on any atom is 0.341 e. The van der Waals surface area contributed by atoms with Crippen LogP contribution in [0, 0.1) is 6.92 Å². The molecule has 186 valence electrons. The molecule has 4 aromatic rings. The number of benzene rings is 1. The summed E-state index contributed by atoms with van der Waals surface area (Å²) in [6.45, 7) is 3.40. The molecule has 0 fully saturated rings. The van der Waals surface area contributed by atoms with Crippen molar-refractivity contribution in [3.8, 4) is 17.3 Å². The van der Waals surface area contributed by atoms with Gasteiger partial charge in [0.15, 0.2) is 12.4 Å². The number of thiophene rings is 1. The van der Waals surface area contributed by atoms with E-state index in [2.05, 4.69) is 5.32 Å². The number of hydrogen-bond acceptors (Lipinski definition) is 8. The van der Waals surface area contributed by atoms with Crippen LogP contribution >= 0.6 is 11.3 Å². The van der Waals surface area contributed by atoms with E-state index >= 15 is 0 Å². The molecular weight excluding hydrogens is 482 g/mol. The van der Waals surface area contributed by atoms with E-state index in [0.717, 1.165) is 41.7 Å². The van der Waals surface area contributed by atoms with Crippen LogP contribution in [0.25, 0.3) is 22.5 Å². The molecule has 8 nitrogen and oxygen atoms in total. The molecule has 0 saturated heterocycles. The Morgan fingerprint density at radius 2 is 2.00 bits per heavy atom. The van der Waals surface area contributed by atoms with Crippen molar-refractivity contribution in [3.63, 3.8) is 0 Å². The summed E-state index contributed by atoms with van der Waals surface area (Å²) in [5.74, 6) is -0.658. The third-order valence-electron chi connectivity index (χ3n) is 6.00. The molecule has 3 heterocycles. The van der Waals surface area contributed by atoms with Gasteiger partial charge in [-0.25, -0.2) is 4.79 Å². The van der Waals surface area contributed by atoms with E-state index in [1.807, 2.05) is 13.0 Å². The van der Waals surface area contributed by atoms with Gasteiger partial charge in [0, 0.05) is 4.88 Å². The largest absolute Gasteiger partial charge is 0.476 e. The Bertz CT molecular complexity index is 1500. The minimum Gasteiger partial charge on any atom is -0.476 e. The lowest BCUT2D eigenvalue weighted by Gasteiger charge is -2.12. The van der Waals surface area contributed by atoms with Gasteiger partial charge in [0.2, 0.25) is 16.9 Å². The first-order chi connectivity index (χ1) is 17.5. The van der Waals surface area contributed by atoms with Crippen molar-refractivity contribution >= 4 is 39.2 Å². The summed E-state index contributed by atoms with van der Waals surface area (Å²) in [5.41, 5.74) is 2.24. The van der Waals surface area contributed by atoms with E-state index in [1.54, 1.807) is 31.2 Å². The number of amides is 1. The third kappa shape index (κ3) is 4.54. The smallest absolute Gasteiger partial charge is 0.341 e. The fraction of sp³-hybridized carbons (Fsp3) is 0.296. The Labute approximate surface area is 210 Å². The van der Waals surface area contributed by atoms with Gasteiger partial charge in [0.05, 0.1) is 23.8 Å². The number of furan rings is 1. The number of carbonyl (C=O) groups excluding carboxylic acids is 2. The average molecular weight is 508 g/mol. The lowest BCUT2D eigenvalue weighted by molar-refractivity contribution is -0.118. The lowest BCUT2D eigenvalue weighted by atomic mass is 9.95. The Morgan fingerprint density at radius 1 is 1.17 bits per heavy atom. The number of hydrogen-bond donors (Lipinski definition) is 1. The Hall–Kier alpha value is -3.85. The van der Waals surface area contributed by atoms with Crippen LogP contribution in [0.5, 0.6) is 5.75 Å². The van der Waals surface area contributed by atoms with E-state index in [9.17, 15) is 14.4 Å². The van der Waals surface area contributed by atoms with Crippen molar-refractivity contribution in [1.29, 1.82) is 0 Å². The summed E-state index contributed by atoms with van der Waals surface area (Å²) in [6, 6.07) is 8.58. The Morgan fingerprint density at radius 3 is 2.78 bits per heavy atom. The minimum absolute atomic E-state index is 0.105. The summed E-state index contributed by atoms with van der Waals surface area (Å²) in [5, 5.41) is 3.58. The normalized spacial score (nSPS) is 12.8. The zero-order valence-electron chi connectivity index (χ0n) is 20.0. The first-order valence-electron chi connectivity index (χ1n) is 11.8. The zero-order valence-corrected chi connectivity index (χ0v) is 20.8. The van der Waals surface area contributed by atoms with E-state index < -0.39 is 23.9 Å². The number of rotatable bonds is 7. The lowest BCUT2D eigenvalue weighted by Crippen LogP contribution is -2.23. The van der Waals surface area contributed by atoms with Crippen LogP contribution in [0.4, 0.5) is 5.00 Å². The molecule has 9 heteroatoms. The molecule has 0 saturated carbocycles. The predicted molar refractivity (Wildman–Crippen MR) is 136 cm³/mol. The Balaban J connectivity index is 1.43. The van der Waals surface area contributed by atoms with Gasteiger partial charge in [-0.3, -0.25) is 9.59 Å². The molecule has 0 spiro atoms. The van der Waals surface area contributed by atoms with E-state index in [0.29, 0.717) is 27.3 Å². The molecule has 0 unspecified atom stereocenters. The highest BCUT2D eigenvalue weighted by atomic mass is 32.1. The summed E-state index contributed by atoms with van der Waals surface area (Å²) in [4.78, 5) is 40.0. The molecular formula is C27H25NO7S. The first-order valence-corrected chi connectivity index (χ1v) is 12.6. The summed E-state index contributed by atoms with van der Waals surface area (Å²) in [6.07, 6.45) is 5.12. The molecule has 0 atom stereocenters. The highest BCUT2D eigenvalue weighted by molar-refractivity contribution is 7.17. The van der Waals surface area contributed by atoms with Gasteiger partial charge in [-0.15, -0.1) is 11.3 Å². The molecule has 0 bridgehead atoms. The Kier molecular flexibility index (Phi) is 6.65. The van der Waals surface area contributed by atoms with Crippen LogP contribution in [0.2, 0.25) is 0 Å². The van der Waals surface area contributed by atoms with Gasteiger partial charge >= 0.3 is 5.97 Å². The second kappa shape index (κ2) is 10.0. The van der Waals surface area contributed by atoms with Crippen molar-refractivity contribution in [3.05, 3.63) is 68.4 Å².